The minimum Gasteiger partial charge on any atom is -0.508 e. The van der Waals surface area contributed by atoms with Crippen molar-refractivity contribution in [2.75, 3.05) is 11.5 Å². The van der Waals surface area contributed by atoms with Crippen molar-refractivity contribution in [2.45, 2.75) is 26.8 Å². The number of hydrogen-bond donors (Lipinski definition) is 2. The van der Waals surface area contributed by atoms with Crippen LogP contribution in [0.3, 0.4) is 0 Å². The van der Waals surface area contributed by atoms with Gasteiger partial charge in [0.05, 0.1) is 0 Å². The quantitative estimate of drug-likeness (QED) is 0.848. The molecule has 0 aliphatic rings. The first-order valence-corrected chi connectivity index (χ1v) is 6.88. The molecule has 17 heavy (non-hydrogen) atoms. The van der Waals surface area contributed by atoms with Crippen LogP contribution in [0.4, 0.5) is 0 Å². The second kappa shape index (κ2) is 6.55. The number of phenolic OH excluding ortho intramolecular Hbond substituents is 1. The lowest BCUT2D eigenvalue weighted by Crippen LogP contribution is -2.34. The van der Waals surface area contributed by atoms with Crippen molar-refractivity contribution in [1.29, 1.82) is 0 Å². The summed E-state index contributed by atoms with van der Waals surface area (Å²) < 4.78 is 0. The lowest BCUT2D eigenvalue weighted by atomic mass is 10.1. The maximum Gasteiger partial charge on any atom is 0.251 e. The molecule has 0 aliphatic heterocycles. The summed E-state index contributed by atoms with van der Waals surface area (Å²) in [5.74, 6) is 2.10. The Morgan fingerprint density at radius 2 is 2.24 bits per heavy atom. The maximum absolute atomic E-state index is 11.9. The lowest BCUT2D eigenvalue weighted by molar-refractivity contribution is 0.0943. The Kier molecular flexibility index (Phi) is 5.35. The van der Waals surface area contributed by atoms with Crippen LogP contribution in [0.25, 0.3) is 0 Å². The highest BCUT2D eigenvalue weighted by molar-refractivity contribution is 7.99. The van der Waals surface area contributed by atoms with Crippen LogP contribution in [0, 0.1) is 6.92 Å². The van der Waals surface area contributed by atoms with E-state index in [1.54, 1.807) is 36.9 Å². The summed E-state index contributed by atoms with van der Waals surface area (Å²) in [6.07, 6.45) is 0. The minimum absolute atomic E-state index is 0.0858. The third-order valence-electron chi connectivity index (χ3n) is 2.41. The number of rotatable bonds is 5. The SMILES string of the molecule is CCSCC(C)NC(=O)c1ccc(O)c(C)c1. The van der Waals surface area contributed by atoms with E-state index in [9.17, 15) is 9.90 Å². The van der Waals surface area contributed by atoms with Crippen LogP contribution in [0.5, 0.6) is 5.75 Å². The monoisotopic (exact) mass is 253 g/mol. The molecule has 0 aliphatic carbocycles. The number of carbonyl (C=O) groups is 1. The molecule has 0 aromatic heterocycles. The van der Waals surface area contributed by atoms with Gasteiger partial charge in [0, 0.05) is 17.4 Å². The van der Waals surface area contributed by atoms with E-state index >= 15 is 0 Å². The van der Waals surface area contributed by atoms with E-state index in [1.165, 1.54) is 0 Å². The van der Waals surface area contributed by atoms with Crippen molar-refractivity contribution in [3.05, 3.63) is 29.3 Å². The molecule has 1 aromatic carbocycles. The molecule has 1 unspecified atom stereocenters. The Labute approximate surface area is 107 Å². The summed E-state index contributed by atoms with van der Waals surface area (Å²) in [5.41, 5.74) is 1.31. The van der Waals surface area contributed by atoms with Crippen LogP contribution >= 0.6 is 11.8 Å². The van der Waals surface area contributed by atoms with E-state index in [1.807, 2.05) is 6.92 Å². The molecule has 94 valence electrons. The van der Waals surface area contributed by atoms with Crippen molar-refractivity contribution in [2.24, 2.45) is 0 Å². The second-order valence-corrected chi connectivity index (χ2v) is 5.35. The first kappa shape index (κ1) is 13.9. The van der Waals surface area contributed by atoms with Gasteiger partial charge in [-0.05, 0) is 43.4 Å². The van der Waals surface area contributed by atoms with Gasteiger partial charge < -0.3 is 10.4 Å². The molecule has 0 bridgehead atoms. The number of aryl methyl sites for hydroxylation is 1. The van der Waals surface area contributed by atoms with Crippen molar-refractivity contribution in [3.63, 3.8) is 0 Å². The third-order valence-corrected chi connectivity index (χ3v) is 3.55. The highest BCUT2D eigenvalue weighted by Gasteiger charge is 2.10. The molecule has 0 saturated heterocycles. The maximum atomic E-state index is 11.9. The van der Waals surface area contributed by atoms with E-state index in [2.05, 4.69) is 12.2 Å². The van der Waals surface area contributed by atoms with Crippen molar-refractivity contribution in [1.82, 2.24) is 5.32 Å². The zero-order valence-electron chi connectivity index (χ0n) is 10.5. The van der Waals surface area contributed by atoms with Crippen LogP contribution in [-0.4, -0.2) is 28.6 Å². The van der Waals surface area contributed by atoms with Gasteiger partial charge in [0.1, 0.15) is 5.75 Å². The number of carbonyl (C=O) groups excluding carboxylic acids is 1. The average Bonchev–Trinajstić information content (AvgIpc) is 2.30. The van der Waals surface area contributed by atoms with Crippen molar-refractivity contribution in [3.8, 4) is 5.75 Å². The van der Waals surface area contributed by atoms with Crippen LogP contribution in [0.1, 0.15) is 29.8 Å². The smallest absolute Gasteiger partial charge is 0.251 e. The zero-order valence-corrected chi connectivity index (χ0v) is 11.3. The standard InChI is InChI=1S/C13H19NO2S/c1-4-17-8-10(3)14-13(16)11-5-6-12(15)9(2)7-11/h5-7,10,15H,4,8H2,1-3H3,(H,14,16). The Balaban J connectivity index is 2.60. The minimum atomic E-state index is -0.0858. The molecular weight excluding hydrogens is 234 g/mol. The predicted octanol–water partition coefficient (Wildman–Crippen LogP) is 2.57. The highest BCUT2D eigenvalue weighted by atomic mass is 32.2. The average molecular weight is 253 g/mol. The number of aromatic hydroxyl groups is 1. The number of amides is 1. The summed E-state index contributed by atoms with van der Waals surface area (Å²) >= 11 is 1.80. The van der Waals surface area contributed by atoms with Gasteiger partial charge in [-0.2, -0.15) is 11.8 Å². The molecule has 0 saturated carbocycles. The zero-order chi connectivity index (χ0) is 12.8. The van der Waals surface area contributed by atoms with E-state index in [0.717, 1.165) is 11.5 Å². The Morgan fingerprint density at radius 3 is 2.82 bits per heavy atom. The van der Waals surface area contributed by atoms with Gasteiger partial charge in [0.15, 0.2) is 0 Å². The summed E-state index contributed by atoms with van der Waals surface area (Å²) in [6.45, 7) is 5.87. The number of hydrogen-bond acceptors (Lipinski definition) is 3. The van der Waals surface area contributed by atoms with Crippen LogP contribution < -0.4 is 5.32 Å². The Bertz CT molecular complexity index is 393. The van der Waals surface area contributed by atoms with E-state index in [-0.39, 0.29) is 17.7 Å². The largest absolute Gasteiger partial charge is 0.508 e. The van der Waals surface area contributed by atoms with Gasteiger partial charge >= 0.3 is 0 Å². The predicted molar refractivity (Wildman–Crippen MR) is 72.8 cm³/mol. The molecule has 1 atom stereocenters. The molecule has 0 radical (unpaired) electrons. The molecule has 0 spiro atoms. The van der Waals surface area contributed by atoms with Crippen LogP contribution in [0.2, 0.25) is 0 Å². The molecular formula is C13H19NO2S. The van der Waals surface area contributed by atoms with E-state index in [0.29, 0.717) is 11.1 Å². The molecule has 0 heterocycles. The topological polar surface area (TPSA) is 49.3 Å². The summed E-state index contributed by atoms with van der Waals surface area (Å²) in [6, 6.07) is 5.04. The van der Waals surface area contributed by atoms with E-state index in [4.69, 9.17) is 0 Å². The number of benzene rings is 1. The first-order valence-electron chi connectivity index (χ1n) is 5.72. The van der Waals surface area contributed by atoms with Crippen LogP contribution in [0.15, 0.2) is 18.2 Å². The van der Waals surface area contributed by atoms with Gasteiger partial charge in [-0.3, -0.25) is 4.79 Å². The fraction of sp³-hybridized carbons (Fsp3) is 0.462. The number of nitrogens with one attached hydrogen (secondary N) is 1. The number of phenols is 1. The molecule has 0 fully saturated rings. The first-order chi connectivity index (χ1) is 8.04. The summed E-state index contributed by atoms with van der Waals surface area (Å²) in [4.78, 5) is 11.9. The van der Waals surface area contributed by atoms with Gasteiger partial charge in [0.2, 0.25) is 0 Å². The summed E-state index contributed by atoms with van der Waals surface area (Å²) in [5, 5.41) is 12.3. The van der Waals surface area contributed by atoms with Crippen LogP contribution in [-0.2, 0) is 0 Å². The molecule has 1 amide bonds. The fourth-order valence-corrected chi connectivity index (χ4v) is 2.11. The van der Waals surface area contributed by atoms with Gasteiger partial charge in [0.25, 0.3) is 5.91 Å². The second-order valence-electron chi connectivity index (χ2n) is 4.04. The molecule has 1 rings (SSSR count). The Hall–Kier alpha value is -1.16. The Morgan fingerprint density at radius 1 is 1.53 bits per heavy atom. The highest BCUT2D eigenvalue weighted by Crippen LogP contribution is 2.17. The molecule has 2 N–H and O–H groups in total. The van der Waals surface area contributed by atoms with Gasteiger partial charge in [-0.1, -0.05) is 6.92 Å². The summed E-state index contributed by atoms with van der Waals surface area (Å²) in [7, 11) is 0. The molecule has 3 nitrogen and oxygen atoms in total. The van der Waals surface area contributed by atoms with Crippen molar-refractivity contribution >= 4 is 17.7 Å². The fourth-order valence-electron chi connectivity index (χ4n) is 1.44. The molecule has 1 aromatic rings. The van der Waals surface area contributed by atoms with Gasteiger partial charge in [-0.25, -0.2) is 0 Å². The van der Waals surface area contributed by atoms with Gasteiger partial charge in [-0.15, -0.1) is 0 Å². The third kappa shape index (κ3) is 4.30. The molecule has 4 heteroatoms. The lowest BCUT2D eigenvalue weighted by Gasteiger charge is -2.13. The van der Waals surface area contributed by atoms with E-state index < -0.39 is 0 Å². The normalized spacial score (nSPS) is 12.2. The van der Waals surface area contributed by atoms with Crippen molar-refractivity contribution < 1.29 is 9.90 Å². The number of thioether (sulfide) groups is 1.